The van der Waals surface area contributed by atoms with Gasteiger partial charge in [0.25, 0.3) is 0 Å². The van der Waals surface area contributed by atoms with Crippen LogP contribution in [-0.4, -0.2) is 42.4 Å². The molecule has 1 aromatic carbocycles. The molecular formula is C16H19NO6. The lowest BCUT2D eigenvalue weighted by atomic mass is 10.1. The van der Waals surface area contributed by atoms with Crippen molar-refractivity contribution >= 4 is 11.9 Å². The third kappa shape index (κ3) is 5.72. The van der Waals surface area contributed by atoms with Crippen molar-refractivity contribution in [1.82, 2.24) is 0 Å². The van der Waals surface area contributed by atoms with E-state index in [-0.39, 0.29) is 30.5 Å². The first-order valence-electron chi connectivity index (χ1n) is 7.15. The standard InChI is InChI=1S/C16H19NO6/c1-10(15(19)23-9-13-8-21-13)7-22-16(20)14(17)6-11-2-4-12(18)5-3-11/h2-5,7,13-14,18H,6,8-9,17H2,1H3/t13?,14-/m0/s1. The van der Waals surface area contributed by atoms with Gasteiger partial charge in [-0.25, -0.2) is 9.59 Å². The lowest BCUT2D eigenvalue weighted by Crippen LogP contribution is -2.33. The molecule has 0 saturated carbocycles. The molecule has 0 aliphatic carbocycles. The number of benzene rings is 1. The van der Waals surface area contributed by atoms with Gasteiger partial charge >= 0.3 is 11.9 Å². The number of epoxide rings is 1. The van der Waals surface area contributed by atoms with Crippen molar-refractivity contribution in [1.29, 1.82) is 0 Å². The molecular weight excluding hydrogens is 302 g/mol. The maximum atomic E-state index is 11.8. The molecule has 7 heteroatoms. The molecule has 7 nitrogen and oxygen atoms in total. The molecule has 124 valence electrons. The number of hydrogen-bond donors (Lipinski definition) is 2. The van der Waals surface area contributed by atoms with E-state index in [1.165, 1.54) is 19.1 Å². The van der Waals surface area contributed by atoms with E-state index in [4.69, 9.17) is 19.9 Å². The van der Waals surface area contributed by atoms with Crippen LogP contribution in [0.1, 0.15) is 12.5 Å². The van der Waals surface area contributed by atoms with Crippen LogP contribution in [0.15, 0.2) is 36.1 Å². The van der Waals surface area contributed by atoms with E-state index in [9.17, 15) is 14.7 Å². The van der Waals surface area contributed by atoms with Crippen LogP contribution in [0, 0.1) is 0 Å². The van der Waals surface area contributed by atoms with Gasteiger partial charge in [0, 0.05) is 0 Å². The lowest BCUT2D eigenvalue weighted by molar-refractivity contribution is -0.140. The second-order valence-corrected chi connectivity index (χ2v) is 5.27. The fraction of sp³-hybridized carbons (Fsp3) is 0.375. The highest BCUT2D eigenvalue weighted by Crippen LogP contribution is 2.12. The molecule has 0 amide bonds. The SMILES string of the molecule is CC(=COC(=O)[C@@H](N)Cc1ccc(O)cc1)C(=O)OCC1CO1. The monoisotopic (exact) mass is 321 g/mol. The van der Waals surface area contributed by atoms with Gasteiger partial charge in [0.1, 0.15) is 30.8 Å². The number of carbonyl (C=O) groups excluding carboxylic acids is 2. The first-order valence-corrected chi connectivity index (χ1v) is 7.15. The van der Waals surface area contributed by atoms with Crippen molar-refractivity contribution in [3.05, 3.63) is 41.7 Å². The Morgan fingerprint density at radius 3 is 2.70 bits per heavy atom. The summed E-state index contributed by atoms with van der Waals surface area (Å²) in [6.07, 6.45) is 1.28. The number of rotatable bonds is 7. The third-order valence-corrected chi connectivity index (χ3v) is 3.17. The molecule has 0 radical (unpaired) electrons. The normalized spacial score (nSPS) is 18.2. The van der Waals surface area contributed by atoms with Gasteiger partial charge in [0.05, 0.1) is 12.2 Å². The molecule has 1 aromatic rings. The van der Waals surface area contributed by atoms with Crippen molar-refractivity contribution in [2.75, 3.05) is 13.2 Å². The minimum Gasteiger partial charge on any atom is -0.508 e. The van der Waals surface area contributed by atoms with Crippen LogP contribution in [-0.2, 0) is 30.2 Å². The fourth-order valence-electron chi connectivity index (χ4n) is 1.70. The summed E-state index contributed by atoms with van der Waals surface area (Å²) >= 11 is 0. The largest absolute Gasteiger partial charge is 0.508 e. The Bertz CT molecular complexity index is 591. The maximum absolute atomic E-state index is 11.8. The molecule has 1 fully saturated rings. The molecule has 1 aliphatic rings. The number of ether oxygens (including phenoxy) is 3. The second kappa shape index (κ2) is 7.75. The average Bonchev–Trinajstić information content (AvgIpc) is 3.36. The Labute approximate surface area is 133 Å². The Kier molecular flexibility index (Phi) is 5.72. The van der Waals surface area contributed by atoms with Gasteiger partial charge in [-0.2, -0.15) is 0 Å². The van der Waals surface area contributed by atoms with E-state index in [0.29, 0.717) is 6.61 Å². The summed E-state index contributed by atoms with van der Waals surface area (Å²) in [6, 6.07) is 5.48. The number of phenolic OH excluding ortho intramolecular Hbond substituents is 1. The Morgan fingerprint density at radius 2 is 2.09 bits per heavy atom. The molecule has 2 rings (SSSR count). The number of hydrogen-bond acceptors (Lipinski definition) is 7. The highest BCUT2D eigenvalue weighted by atomic mass is 16.6. The van der Waals surface area contributed by atoms with Crippen LogP contribution in [0.2, 0.25) is 0 Å². The van der Waals surface area contributed by atoms with Crippen LogP contribution in [0.5, 0.6) is 5.75 Å². The molecule has 23 heavy (non-hydrogen) atoms. The first-order chi connectivity index (χ1) is 11.0. The smallest absolute Gasteiger partial charge is 0.336 e. The second-order valence-electron chi connectivity index (χ2n) is 5.27. The summed E-state index contributed by atoms with van der Waals surface area (Å²) in [4.78, 5) is 23.4. The first kappa shape index (κ1) is 17.0. The molecule has 0 bridgehead atoms. The molecule has 1 saturated heterocycles. The fourth-order valence-corrected chi connectivity index (χ4v) is 1.70. The zero-order valence-corrected chi connectivity index (χ0v) is 12.7. The summed E-state index contributed by atoms with van der Waals surface area (Å²) in [5, 5.41) is 9.20. The van der Waals surface area contributed by atoms with Gasteiger partial charge in [0.15, 0.2) is 0 Å². The van der Waals surface area contributed by atoms with Gasteiger partial charge < -0.3 is 25.1 Å². The van der Waals surface area contributed by atoms with Gasteiger partial charge in [-0.05, 0) is 31.0 Å². The van der Waals surface area contributed by atoms with Crippen LogP contribution in [0.4, 0.5) is 0 Å². The van der Waals surface area contributed by atoms with Crippen LogP contribution >= 0.6 is 0 Å². The van der Waals surface area contributed by atoms with Gasteiger partial charge in [-0.1, -0.05) is 12.1 Å². The third-order valence-electron chi connectivity index (χ3n) is 3.17. The van der Waals surface area contributed by atoms with E-state index in [1.807, 2.05) is 0 Å². The van der Waals surface area contributed by atoms with Crippen molar-refractivity contribution in [2.45, 2.75) is 25.5 Å². The minimum atomic E-state index is -0.875. The number of nitrogens with two attached hydrogens (primary N) is 1. The molecule has 2 atom stereocenters. The number of carbonyl (C=O) groups is 2. The summed E-state index contributed by atoms with van der Waals surface area (Å²) in [7, 11) is 0. The number of esters is 2. The minimum absolute atomic E-state index is 0.0203. The molecule has 1 unspecified atom stereocenters. The zero-order valence-electron chi connectivity index (χ0n) is 12.7. The highest BCUT2D eigenvalue weighted by molar-refractivity contribution is 5.88. The van der Waals surface area contributed by atoms with Crippen molar-refractivity contribution in [3.8, 4) is 5.75 Å². The summed E-state index contributed by atoms with van der Waals surface area (Å²) in [5.41, 5.74) is 6.71. The van der Waals surface area contributed by atoms with Crippen molar-refractivity contribution in [3.63, 3.8) is 0 Å². The zero-order chi connectivity index (χ0) is 16.8. The van der Waals surface area contributed by atoms with Gasteiger partial charge in [-0.3, -0.25) is 0 Å². The number of phenols is 1. The van der Waals surface area contributed by atoms with Gasteiger partial charge in [-0.15, -0.1) is 0 Å². The molecule has 0 spiro atoms. The van der Waals surface area contributed by atoms with Gasteiger partial charge in [0.2, 0.25) is 0 Å². The quantitative estimate of drug-likeness (QED) is 0.328. The Morgan fingerprint density at radius 1 is 1.43 bits per heavy atom. The highest BCUT2D eigenvalue weighted by Gasteiger charge is 2.24. The van der Waals surface area contributed by atoms with E-state index in [1.54, 1.807) is 12.1 Å². The Hall–Kier alpha value is -2.38. The molecule has 3 N–H and O–H groups in total. The predicted molar refractivity (Wildman–Crippen MR) is 80.3 cm³/mol. The van der Waals surface area contributed by atoms with E-state index in [2.05, 4.69) is 0 Å². The number of aromatic hydroxyl groups is 1. The summed E-state index contributed by atoms with van der Waals surface area (Å²) in [5.74, 6) is -1.09. The van der Waals surface area contributed by atoms with E-state index in [0.717, 1.165) is 11.8 Å². The average molecular weight is 321 g/mol. The predicted octanol–water partition coefficient (Wildman–Crippen LogP) is 0.651. The van der Waals surface area contributed by atoms with E-state index < -0.39 is 18.0 Å². The van der Waals surface area contributed by atoms with Crippen LogP contribution < -0.4 is 5.73 Å². The summed E-state index contributed by atoms with van der Waals surface area (Å²) in [6.45, 7) is 2.27. The Balaban J connectivity index is 1.78. The summed E-state index contributed by atoms with van der Waals surface area (Å²) < 4.78 is 14.8. The van der Waals surface area contributed by atoms with Crippen LogP contribution in [0.25, 0.3) is 0 Å². The molecule has 0 aromatic heterocycles. The van der Waals surface area contributed by atoms with Crippen LogP contribution in [0.3, 0.4) is 0 Å². The molecule has 1 heterocycles. The topological polar surface area (TPSA) is 111 Å². The van der Waals surface area contributed by atoms with Crippen molar-refractivity contribution < 1.29 is 28.9 Å². The molecule has 1 aliphatic heterocycles. The lowest BCUT2D eigenvalue weighted by Gasteiger charge is -2.10. The van der Waals surface area contributed by atoms with Crippen molar-refractivity contribution in [2.24, 2.45) is 5.73 Å². The van der Waals surface area contributed by atoms with E-state index >= 15 is 0 Å². The maximum Gasteiger partial charge on any atom is 0.336 e.